The fourth-order valence-corrected chi connectivity index (χ4v) is 4.31. The number of fused-ring (bicyclic) bond motifs is 1. The molecule has 1 aromatic heterocycles. The van der Waals surface area contributed by atoms with Gasteiger partial charge in [0.05, 0.1) is 12.8 Å². The molecule has 0 saturated carbocycles. The van der Waals surface area contributed by atoms with Crippen LogP contribution in [0.4, 0.5) is 5.13 Å². The Bertz CT molecular complexity index is 780. The van der Waals surface area contributed by atoms with E-state index in [-0.39, 0.29) is 12.5 Å². The third-order valence-electron chi connectivity index (χ3n) is 4.84. The van der Waals surface area contributed by atoms with Crippen molar-refractivity contribution in [2.45, 2.75) is 40.0 Å². The first-order valence-corrected chi connectivity index (χ1v) is 9.72. The molecule has 1 unspecified atom stereocenters. The Hall–Kier alpha value is -2.08. The molecule has 5 nitrogen and oxygen atoms in total. The van der Waals surface area contributed by atoms with Gasteiger partial charge in [-0.15, -0.1) is 11.3 Å². The van der Waals surface area contributed by atoms with Crippen molar-refractivity contribution in [3.8, 4) is 11.5 Å². The lowest BCUT2D eigenvalue weighted by Gasteiger charge is -2.33. The lowest BCUT2D eigenvalue weighted by molar-refractivity contribution is -0.118. The molecule has 1 aliphatic rings. The van der Waals surface area contributed by atoms with Gasteiger partial charge in [-0.25, -0.2) is 4.98 Å². The van der Waals surface area contributed by atoms with Gasteiger partial charge in [-0.1, -0.05) is 32.9 Å². The highest BCUT2D eigenvalue weighted by Crippen LogP contribution is 2.40. The van der Waals surface area contributed by atoms with Crippen molar-refractivity contribution >= 4 is 22.4 Å². The normalized spacial score (nSPS) is 16.7. The number of carbonyl (C=O) groups is 1. The van der Waals surface area contributed by atoms with Crippen LogP contribution in [0, 0.1) is 11.3 Å². The summed E-state index contributed by atoms with van der Waals surface area (Å²) in [6, 6.07) is 7.28. The highest BCUT2D eigenvalue weighted by atomic mass is 32.1. The van der Waals surface area contributed by atoms with Crippen molar-refractivity contribution in [2.75, 3.05) is 19.0 Å². The first-order chi connectivity index (χ1) is 12.4. The van der Waals surface area contributed by atoms with Crippen molar-refractivity contribution in [3.05, 3.63) is 34.8 Å². The molecule has 1 heterocycles. The molecule has 0 spiro atoms. The van der Waals surface area contributed by atoms with E-state index in [1.54, 1.807) is 30.6 Å². The van der Waals surface area contributed by atoms with Gasteiger partial charge >= 0.3 is 0 Å². The molecule has 0 aliphatic heterocycles. The van der Waals surface area contributed by atoms with E-state index in [2.05, 4.69) is 31.1 Å². The fourth-order valence-electron chi connectivity index (χ4n) is 3.20. The number of aryl methyl sites for hydroxylation is 1. The molecule has 1 N–H and O–H groups in total. The number of ether oxygens (including phenoxy) is 2. The Labute approximate surface area is 158 Å². The number of hydrogen-bond acceptors (Lipinski definition) is 5. The molecule has 1 amide bonds. The van der Waals surface area contributed by atoms with Crippen molar-refractivity contribution in [3.63, 3.8) is 0 Å². The summed E-state index contributed by atoms with van der Waals surface area (Å²) in [6.07, 6.45) is 3.19. The fraction of sp³-hybridized carbons (Fsp3) is 0.500. The van der Waals surface area contributed by atoms with Crippen molar-refractivity contribution in [1.82, 2.24) is 4.98 Å². The number of rotatable bonds is 5. The predicted octanol–water partition coefficient (Wildman–Crippen LogP) is 4.32. The average molecular weight is 375 g/mol. The van der Waals surface area contributed by atoms with E-state index in [0.29, 0.717) is 28.0 Å². The second-order valence-electron chi connectivity index (χ2n) is 7.68. The summed E-state index contributed by atoms with van der Waals surface area (Å²) in [4.78, 5) is 18.1. The lowest BCUT2D eigenvalue weighted by atomic mass is 9.73. The van der Waals surface area contributed by atoms with Gasteiger partial charge in [-0.2, -0.15) is 0 Å². The third kappa shape index (κ3) is 4.36. The van der Waals surface area contributed by atoms with E-state index in [9.17, 15) is 4.79 Å². The first-order valence-electron chi connectivity index (χ1n) is 8.91. The zero-order valence-electron chi connectivity index (χ0n) is 15.8. The van der Waals surface area contributed by atoms with Crippen LogP contribution >= 0.6 is 11.3 Å². The topological polar surface area (TPSA) is 60.5 Å². The maximum atomic E-state index is 12.2. The van der Waals surface area contributed by atoms with Crippen LogP contribution in [0.2, 0.25) is 0 Å². The van der Waals surface area contributed by atoms with E-state index in [1.165, 1.54) is 4.88 Å². The summed E-state index contributed by atoms with van der Waals surface area (Å²) in [7, 11) is 1.58. The molecule has 0 radical (unpaired) electrons. The molecule has 3 rings (SSSR count). The number of benzene rings is 1. The minimum atomic E-state index is -0.214. The Morgan fingerprint density at radius 1 is 1.31 bits per heavy atom. The standard InChI is InChI=1S/C20H26N2O3S/c1-20(2,3)13-9-10-14-17(11-13)26-19(21-14)22-18(23)12-25-16-8-6-5-7-15(16)24-4/h5-8,13H,9-12H2,1-4H3,(H,21,22,23). The number of carbonyl (C=O) groups excluding carboxylic acids is 1. The van der Waals surface area contributed by atoms with Crippen molar-refractivity contribution < 1.29 is 14.3 Å². The second-order valence-corrected chi connectivity index (χ2v) is 8.77. The van der Waals surface area contributed by atoms with Crippen LogP contribution in [0.1, 0.15) is 37.8 Å². The summed E-state index contributed by atoms with van der Waals surface area (Å²) < 4.78 is 10.8. The maximum Gasteiger partial charge on any atom is 0.264 e. The molecule has 140 valence electrons. The Kier molecular flexibility index (Phi) is 5.51. The van der Waals surface area contributed by atoms with Crippen LogP contribution in [0.25, 0.3) is 0 Å². The number of nitrogens with one attached hydrogen (secondary N) is 1. The number of nitrogens with zero attached hydrogens (tertiary/aromatic N) is 1. The Morgan fingerprint density at radius 2 is 2.04 bits per heavy atom. The molecular formula is C20H26N2O3S. The molecule has 26 heavy (non-hydrogen) atoms. The van der Waals surface area contributed by atoms with Gasteiger partial charge in [0.1, 0.15) is 0 Å². The highest BCUT2D eigenvalue weighted by molar-refractivity contribution is 7.15. The van der Waals surface area contributed by atoms with Crippen LogP contribution in [0.5, 0.6) is 11.5 Å². The van der Waals surface area contributed by atoms with Crippen LogP contribution in [-0.4, -0.2) is 24.6 Å². The smallest absolute Gasteiger partial charge is 0.264 e. The summed E-state index contributed by atoms with van der Waals surface area (Å²) in [5.41, 5.74) is 1.43. The number of aromatic nitrogens is 1. The van der Waals surface area contributed by atoms with Gasteiger partial charge in [0, 0.05) is 4.88 Å². The van der Waals surface area contributed by atoms with Crippen LogP contribution in [0.15, 0.2) is 24.3 Å². The van der Waals surface area contributed by atoms with Gasteiger partial charge in [-0.3, -0.25) is 10.1 Å². The highest BCUT2D eigenvalue weighted by Gasteiger charge is 2.30. The quantitative estimate of drug-likeness (QED) is 0.847. The number of methoxy groups -OCH3 is 1. The van der Waals surface area contributed by atoms with Crippen LogP contribution < -0.4 is 14.8 Å². The molecule has 0 bridgehead atoms. The molecule has 6 heteroatoms. The number of thiazole rings is 1. The van der Waals surface area contributed by atoms with Gasteiger partial charge in [0.25, 0.3) is 5.91 Å². The first kappa shape index (κ1) is 18.7. The van der Waals surface area contributed by atoms with Gasteiger partial charge in [0.15, 0.2) is 23.2 Å². The zero-order valence-corrected chi connectivity index (χ0v) is 16.6. The van der Waals surface area contributed by atoms with E-state index in [4.69, 9.17) is 9.47 Å². The predicted molar refractivity (Wildman–Crippen MR) is 104 cm³/mol. The largest absolute Gasteiger partial charge is 0.493 e. The molecule has 1 atom stereocenters. The summed E-state index contributed by atoms with van der Waals surface area (Å²) in [5, 5.41) is 3.53. The average Bonchev–Trinajstić information content (AvgIpc) is 3.00. The minimum absolute atomic E-state index is 0.0742. The van der Waals surface area contributed by atoms with Gasteiger partial charge in [0.2, 0.25) is 0 Å². The Balaban J connectivity index is 1.58. The minimum Gasteiger partial charge on any atom is -0.493 e. The van der Waals surface area contributed by atoms with Crippen molar-refractivity contribution in [1.29, 1.82) is 0 Å². The summed E-state index contributed by atoms with van der Waals surface area (Å²) >= 11 is 1.59. The number of anilines is 1. The second kappa shape index (κ2) is 7.66. The molecular weight excluding hydrogens is 348 g/mol. The van der Waals surface area contributed by atoms with Gasteiger partial charge < -0.3 is 9.47 Å². The SMILES string of the molecule is COc1ccccc1OCC(=O)Nc1nc2c(s1)CC(C(C)(C)C)CC2. The zero-order chi connectivity index (χ0) is 18.7. The van der Waals surface area contributed by atoms with Crippen molar-refractivity contribution in [2.24, 2.45) is 11.3 Å². The Morgan fingerprint density at radius 3 is 2.73 bits per heavy atom. The van der Waals surface area contributed by atoms with E-state index in [0.717, 1.165) is 25.0 Å². The lowest BCUT2D eigenvalue weighted by Crippen LogP contribution is -2.26. The monoisotopic (exact) mass is 374 g/mol. The molecule has 0 fully saturated rings. The number of amides is 1. The van der Waals surface area contributed by atoms with E-state index < -0.39 is 0 Å². The number of hydrogen-bond donors (Lipinski definition) is 1. The van der Waals surface area contributed by atoms with Gasteiger partial charge in [-0.05, 0) is 42.7 Å². The summed E-state index contributed by atoms with van der Waals surface area (Å²) in [5.74, 6) is 1.61. The van der Waals surface area contributed by atoms with Crippen LogP contribution in [-0.2, 0) is 17.6 Å². The maximum absolute atomic E-state index is 12.2. The molecule has 2 aromatic rings. The molecule has 0 saturated heterocycles. The summed E-state index contributed by atoms with van der Waals surface area (Å²) in [6.45, 7) is 6.81. The third-order valence-corrected chi connectivity index (χ3v) is 5.87. The molecule has 1 aromatic carbocycles. The van der Waals surface area contributed by atoms with E-state index in [1.807, 2.05) is 12.1 Å². The van der Waals surface area contributed by atoms with Crippen LogP contribution in [0.3, 0.4) is 0 Å². The van der Waals surface area contributed by atoms with E-state index >= 15 is 0 Å². The molecule has 1 aliphatic carbocycles. The number of para-hydroxylation sites is 2.